The van der Waals surface area contributed by atoms with Crippen molar-refractivity contribution in [3.8, 4) is 0 Å². The van der Waals surface area contributed by atoms with Gasteiger partial charge in [0.25, 0.3) is 5.24 Å². The van der Waals surface area contributed by atoms with E-state index in [2.05, 4.69) is 6.92 Å². The number of rotatable bonds is 0. The van der Waals surface area contributed by atoms with Gasteiger partial charge in [-0.25, -0.2) is 0 Å². The largest absolute Gasteiger partial charge is 0.382 e. The number of hydrogen-bond acceptors (Lipinski definition) is 2. The van der Waals surface area contributed by atoms with Gasteiger partial charge < -0.3 is 4.81 Å². The monoisotopic (exact) mass is 129 g/mol. The van der Waals surface area contributed by atoms with E-state index in [9.17, 15) is 4.79 Å². The molecule has 0 radical (unpaired) electrons. The number of carbonyl (C=O) groups excluding carboxylic acids is 1. The fraction of sp³-hybridized carbons (Fsp3) is 0.750. The minimum atomic E-state index is 0.206. The molecule has 1 amide bonds. The van der Waals surface area contributed by atoms with Gasteiger partial charge in [0.15, 0.2) is 0 Å². The number of nitrogens with zero attached hydrogens (tertiary/aromatic N) is 1. The molecule has 0 N–H and O–H groups in total. The molecule has 0 bridgehead atoms. The summed E-state index contributed by atoms with van der Waals surface area (Å²) < 4.78 is 0. The molecule has 0 aromatic carbocycles. The quantitative estimate of drug-likeness (QED) is 0.432. The van der Waals surface area contributed by atoms with Crippen LogP contribution in [0.2, 0.25) is 0 Å². The van der Waals surface area contributed by atoms with Crippen LogP contribution in [0.4, 0.5) is 4.79 Å². The number of amides is 1. The zero-order valence-corrected chi connectivity index (χ0v) is 5.86. The highest BCUT2D eigenvalue weighted by molar-refractivity contribution is 8.14. The molecule has 0 aromatic heterocycles. The molecule has 0 aliphatic carbocycles. The van der Waals surface area contributed by atoms with Gasteiger partial charge >= 0.3 is 0 Å². The average molecular weight is 129 g/mol. The minimum Gasteiger partial charge on any atom is -0.382 e. The molecule has 1 saturated heterocycles. The second-order valence-corrected chi connectivity index (χ2v) is 3.01. The first kappa shape index (κ1) is 6.01. The first-order chi connectivity index (χ1) is 3.72. The van der Waals surface area contributed by atoms with Gasteiger partial charge in [0.1, 0.15) is 0 Å². The molecule has 44 valence electrons. The van der Waals surface area contributed by atoms with Crippen LogP contribution in [-0.4, -0.2) is 29.8 Å². The Balaban J connectivity index is 2.56. The van der Waals surface area contributed by atoms with Gasteiger partial charge in [0.05, 0.1) is 0 Å². The number of thioether (sulfide) groups is 1. The molecule has 8 heavy (non-hydrogen) atoms. The summed E-state index contributed by atoms with van der Waals surface area (Å²) in [6.07, 6.45) is 0. The average Bonchev–Trinajstić information content (AvgIpc) is 1.98. The molecule has 2 nitrogen and oxygen atoms in total. The predicted molar refractivity (Wildman–Crippen MR) is 37.7 cm³/mol. The molecule has 1 aliphatic rings. The molecule has 0 saturated carbocycles. The van der Waals surface area contributed by atoms with Crippen molar-refractivity contribution in [2.75, 3.05) is 5.75 Å². The third-order valence-corrected chi connectivity index (χ3v) is 2.58. The maximum atomic E-state index is 10.7. The Bertz CT molecular complexity index is 119. The number of hydrogen-bond donors (Lipinski definition) is 0. The zero-order valence-electron chi connectivity index (χ0n) is 5.05. The normalized spacial score (nSPS) is 29.4. The summed E-state index contributed by atoms with van der Waals surface area (Å²) in [5.74, 6) is 0.954. The number of carbonyl (C=O) groups is 1. The van der Waals surface area contributed by atoms with Gasteiger partial charge in [-0.1, -0.05) is 11.8 Å². The highest BCUT2D eigenvalue weighted by Gasteiger charge is 2.23. The molecular weight excluding hydrogens is 121 g/mol. The lowest BCUT2D eigenvalue weighted by molar-refractivity contribution is 0.244. The van der Waals surface area contributed by atoms with Gasteiger partial charge in [-0.3, -0.25) is 4.79 Å². The molecule has 1 fully saturated rings. The lowest BCUT2D eigenvalue weighted by Gasteiger charge is -2.12. The molecule has 1 rings (SSSR count). The molecule has 1 unspecified atom stereocenters. The summed E-state index contributed by atoms with van der Waals surface area (Å²) in [6.45, 7) is 2.05. The van der Waals surface area contributed by atoms with Gasteiger partial charge in [-0.15, -0.1) is 0 Å². The predicted octanol–water partition coefficient (Wildman–Crippen LogP) is 0.0918. The van der Waals surface area contributed by atoms with E-state index in [0.29, 0.717) is 6.04 Å². The molecule has 1 aliphatic heterocycles. The fourth-order valence-corrected chi connectivity index (χ4v) is 1.58. The SMILES string of the molecule is BN1C(=O)SCC1C. The Morgan fingerprint density at radius 1 is 2.00 bits per heavy atom. The summed E-state index contributed by atoms with van der Waals surface area (Å²) in [5, 5.41) is 0.206. The van der Waals surface area contributed by atoms with Crippen molar-refractivity contribution in [1.82, 2.24) is 4.81 Å². The van der Waals surface area contributed by atoms with Crippen molar-refractivity contribution in [1.29, 1.82) is 0 Å². The third-order valence-electron chi connectivity index (χ3n) is 1.40. The van der Waals surface area contributed by atoms with Gasteiger partial charge in [0, 0.05) is 11.8 Å². The molecule has 1 heterocycles. The van der Waals surface area contributed by atoms with Crippen LogP contribution in [0.1, 0.15) is 6.92 Å². The van der Waals surface area contributed by atoms with Crippen LogP contribution in [-0.2, 0) is 0 Å². The second-order valence-electron chi connectivity index (χ2n) is 2.04. The van der Waals surface area contributed by atoms with Crippen molar-refractivity contribution in [2.24, 2.45) is 0 Å². The van der Waals surface area contributed by atoms with Crippen LogP contribution >= 0.6 is 11.8 Å². The van der Waals surface area contributed by atoms with Crippen LogP contribution in [0.3, 0.4) is 0 Å². The smallest absolute Gasteiger partial charge is 0.269 e. The first-order valence-corrected chi connectivity index (χ1v) is 3.60. The van der Waals surface area contributed by atoms with Crippen LogP contribution in [0.25, 0.3) is 0 Å². The Morgan fingerprint density at radius 3 is 2.75 bits per heavy atom. The van der Waals surface area contributed by atoms with Crippen LogP contribution in [0.15, 0.2) is 0 Å². The van der Waals surface area contributed by atoms with Crippen molar-refractivity contribution in [3.05, 3.63) is 0 Å². The lowest BCUT2D eigenvalue weighted by atomic mass is 10.2. The Hall–Kier alpha value is -0.115. The van der Waals surface area contributed by atoms with E-state index in [4.69, 9.17) is 0 Å². The van der Waals surface area contributed by atoms with Gasteiger partial charge in [0.2, 0.25) is 7.98 Å². The summed E-state index contributed by atoms with van der Waals surface area (Å²) >= 11 is 1.40. The molecule has 1 atom stereocenters. The summed E-state index contributed by atoms with van der Waals surface area (Å²) in [4.78, 5) is 12.4. The summed E-state index contributed by atoms with van der Waals surface area (Å²) in [5.41, 5.74) is 0. The molecular formula is C4H8BNOS. The minimum absolute atomic E-state index is 0.206. The highest BCUT2D eigenvalue weighted by Crippen LogP contribution is 2.20. The van der Waals surface area contributed by atoms with Crippen molar-refractivity contribution >= 4 is 25.0 Å². The first-order valence-electron chi connectivity index (χ1n) is 2.61. The third kappa shape index (κ3) is 0.846. The van der Waals surface area contributed by atoms with Crippen LogP contribution in [0, 0.1) is 0 Å². The fourth-order valence-electron chi connectivity index (χ4n) is 0.585. The van der Waals surface area contributed by atoms with E-state index in [1.807, 2.05) is 7.98 Å². The van der Waals surface area contributed by atoms with E-state index >= 15 is 0 Å². The Morgan fingerprint density at radius 2 is 2.62 bits per heavy atom. The van der Waals surface area contributed by atoms with Gasteiger partial charge in [-0.05, 0) is 6.92 Å². The van der Waals surface area contributed by atoms with E-state index < -0.39 is 0 Å². The topological polar surface area (TPSA) is 20.3 Å². The van der Waals surface area contributed by atoms with Crippen molar-refractivity contribution in [3.63, 3.8) is 0 Å². The van der Waals surface area contributed by atoms with Crippen molar-refractivity contribution < 1.29 is 4.79 Å². The lowest BCUT2D eigenvalue weighted by Crippen LogP contribution is -2.27. The zero-order chi connectivity index (χ0) is 6.15. The van der Waals surface area contributed by atoms with E-state index in [0.717, 1.165) is 5.75 Å². The highest BCUT2D eigenvalue weighted by atomic mass is 32.2. The molecule has 0 spiro atoms. The maximum Gasteiger partial charge on any atom is 0.269 e. The van der Waals surface area contributed by atoms with Crippen molar-refractivity contribution in [2.45, 2.75) is 13.0 Å². The van der Waals surface area contributed by atoms with E-state index in [1.54, 1.807) is 4.81 Å². The summed E-state index contributed by atoms with van der Waals surface area (Å²) in [6, 6.07) is 0.437. The maximum absolute atomic E-state index is 10.7. The van der Waals surface area contributed by atoms with E-state index in [1.165, 1.54) is 11.8 Å². The van der Waals surface area contributed by atoms with Crippen LogP contribution in [0.5, 0.6) is 0 Å². The Labute approximate surface area is 54.0 Å². The van der Waals surface area contributed by atoms with Gasteiger partial charge in [-0.2, -0.15) is 0 Å². The van der Waals surface area contributed by atoms with E-state index in [-0.39, 0.29) is 5.24 Å². The summed E-state index contributed by atoms with van der Waals surface area (Å²) in [7, 11) is 1.84. The Kier molecular flexibility index (Phi) is 1.51. The second kappa shape index (κ2) is 2.01. The standard InChI is InChI=1S/C4H8BNOS/c1-3-2-8-4(7)6(3)5/h3H,2,5H2,1H3. The molecule has 0 aromatic rings. The van der Waals surface area contributed by atoms with Crippen LogP contribution < -0.4 is 0 Å². The molecule has 4 heteroatoms.